The van der Waals surface area contributed by atoms with Gasteiger partial charge in [0.2, 0.25) is 5.13 Å². The lowest BCUT2D eigenvalue weighted by Gasteiger charge is -2.21. The highest BCUT2D eigenvalue weighted by Gasteiger charge is 2.32. The maximum absolute atomic E-state index is 6.20. The average Bonchev–Trinajstić information content (AvgIpc) is 3.50. The number of nitrogens with zero attached hydrogens (tertiary/aromatic N) is 3. The summed E-state index contributed by atoms with van der Waals surface area (Å²) < 4.78 is 0. The Hall–Kier alpha value is -2.18. The van der Waals surface area contributed by atoms with Crippen LogP contribution in [0.3, 0.4) is 0 Å². The number of rotatable bonds is 4. The lowest BCUT2D eigenvalue weighted by molar-refractivity contribution is 0.706. The molecule has 0 spiro atoms. The number of hydrogen-bond acceptors (Lipinski definition) is 5. The van der Waals surface area contributed by atoms with Gasteiger partial charge in [0, 0.05) is 17.4 Å². The first-order chi connectivity index (χ1) is 14.6. The highest BCUT2D eigenvalue weighted by molar-refractivity contribution is 7.14. The van der Waals surface area contributed by atoms with Crippen molar-refractivity contribution in [1.82, 2.24) is 4.98 Å². The molecule has 0 saturated heterocycles. The van der Waals surface area contributed by atoms with E-state index in [4.69, 9.17) is 33.3 Å². The third-order valence-corrected chi connectivity index (χ3v) is 7.57. The largest absolute Gasteiger partial charge is 0.231 e. The van der Waals surface area contributed by atoms with Crippen LogP contribution < -0.4 is 5.01 Å². The minimum Gasteiger partial charge on any atom is -0.231 e. The molecule has 2 aromatic heterocycles. The zero-order valence-electron chi connectivity index (χ0n) is 16.0. The van der Waals surface area contributed by atoms with Crippen molar-refractivity contribution in [2.75, 3.05) is 5.01 Å². The smallest absolute Gasteiger partial charge is 0.207 e. The summed E-state index contributed by atoms with van der Waals surface area (Å²) in [5.41, 5.74) is 5.40. The molecule has 0 unspecified atom stereocenters. The van der Waals surface area contributed by atoms with Crippen LogP contribution in [0.5, 0.6) is 0 Å². The van der Waals surface area contributed by atoms with Crippen molar-refractivity contribution in [2.24, 2.45) is 5.10 Å². The Morgan fingerprint density at radius 3 is 2.57 bits per heavy atom. The number of thiophene rings is 1. The van der Waals surface area contributed by atoms with Crippen LogP contribution in [0.1, 0.15) is 28.5 Å². The molecule has 30 heavy (non-hydrogen) atoms. The fourth-order valence-electron chi connectivity index (χ4n) is 3.48. The molecule has 0 saturated carbocycles. The van der Waals surface area contributed by atoms with Gasteiger partial charge in [-0.2, -0.15) is 5.10 Å². The standard InChI is InChI=1S/C23H17Cl2N3S2/c1-14-4-6-15(7-5-14)21-12-19(22-3-2-10-29-22)27-28(21)23-26-20(13-30-23)16-8-9-17(24)18(25)11-16/h2-11,13,21H,12H2,1H3/t21-/m0/s1. The molecular weight excluding hydrogens is 453 g/mol. The zero-order chi connectivity index (χ0) is 20.7. The predicted molar refractivity (Wildman–Crippen MR) is 129 cm³/mol. The molecule has 0 bridgehead atoms. The van der Waals surface area contributed by atoms with Crippen molar-refractivity contribution < 1.29 is 0 Å². The van der Waals surface area contributed by atoms with Crippen LogP contribution in [0.15, 0.2) is 70.5 Å². The zero-order valence-corrected chi connectivity index (χ0v) is 19.2. The van der Waals surface area contributed by atoms with Gasteiger partial charge in [-0.1, -0.05) is 65.2 Å². The van der Waals surface area contributed by atoms with Gasteiger partial charge in [0.25, 0.3) is 0 Å². The number of aryl methyl sites for hydroxylation is 1. The number of hydrogen-bond donors (Lipinski definition) is 0. The first-order valence-electron chi connectivity index (χ1n) is 9.46. The van der Waals surface area contributed by atoms with E-state index in [1.807, 2.05) is 17.5 Å². The van der Waals surface area contributed by atoms with Crippen LogP contribution in [0, 0.1) is 6.92 Å². The number of anilines is 1. The first kappa shape index (κ1) is 19.8. The van der Waals surface area contributed by atoms with Crippen LogP contribution in [-0.2, 0) is 0 Å². The Morgan fingerprint density at radius 1 is 1.00 bits per heavy atom. The molecule has 2 aromatic carbocycles. The number of benzene rings is 2. The minimum absolute atomic E-state index is 0.121. The van der Waals surface area contributed by atoms with E-state index in [2.05, 4.69) is 53.7 Å². The van der Waals surface area contributed by atoms with Crippen LogP contribution >= 0.6 is 45.9 Å². The second-order valence-electron chi connectivity index (χ2n) is 7.14. The molecule has 0 amide bonds. The van der Waals surface area contributed by atoms with E-state index < -0.39 is 0 Å². The summed E-state index contributed by atoms with van der Waals surface area (Å²) in [6.07, 6.45) is 0.852. The highest BCUT2D eigenvalue weighted by atomic mass is 35.5. The van der Waals surface area contributed by atoms with Gasteiger partial charge >= 0.3 is 0 Å². The van der Waals surface area contributed by atoms with Gasteiger partial charge in [-0.25, -0.2) is 9.99 Å². The molecule has 1 aliphatic rings. The van der Waals surface area contributed by atoms with Crippen LogP contribution in [0.4, 0.5) is 5.13 Å². The Morgan fingerprint density at radius 2 is 1.83 bits per heavy atom. The Labute approximate surface area is 193 Å². The van der Waals surface area contributed by atoms with Crippen molar-refractivity contribution in [2.45, 2.75) is 19.4 Å². The van der Waals surface area contributed by atoms with Crippen molar-refractivity contribution in [1.29, 1.82) is 0 Å². The van der Waals surface area contributed by atoms with Crippen LogP contribution in [0.25, 0.3) is 11.3 Å². The van der Waals surface area contributed by atoms with Crippen molar-refractivity contribution >= 4 is 56.7 Å². The topological polar surface area (TPSA) is 28.5 Å². The molecule has 1 aliphatic heterocycles. The highest BCUT2D eigenvalue weighted by Crippen LogP contribution is 2.40. The van der Waals surface area contributed by atoms with E-state index in [9.17, 15) is 0 Å². The predicted octanol–water partition coefficient (Wildman–Crippen LogP) is 7.84. The summed E-state index contributed by atoms with van der Waals surface area (Å²) in [4.78, 5) is 6.09. The average molecular weight is 470 g/mol. The van der Waals surface area contributed by atoms with E-state index in [0.717, 1.165) is 28.5 Å². The van der Waals surface area contributed by atoms with Crippen LogP contribution in [0.2, 0.25) is 10.0 Å². The van der Waals surface area contributed by atoms with Crippen molar-refractivity contribution in [3.63, 3.8) is 0 Å². The number of halogens is 2. The SMILES string of the molecule is Cc1ccc([C@@H]2CC(c3cccs3)=NN2c2nc(-c3ccc(Cl)c(Cl)c3)cs2)cc1. The fraction of sp³-hybridized carbons (Fsp3) is 0.130. The third kappa shape index (κ3) is 3.79. The summed E-state index contributed by atoms with van der Waals surface area (Å²) >= 11 is 15.6. The van der Waals surface area contributed by atoms with Crippen molar-refractivity contribution in [3.05, 3.63) is 91.4 Å². The molecule has 0 fully saturated rings. The fourth-order valence-corrected chi connectivity index (χ4v) is 5.34. The summed E-state index contributed by atoms with van der Waals surface area (Å²) in [7, 11) is 0. The Balaban J connectivity index is 1.53. The second kappa shape index (κ2) is 8.16. The van der Waals surface area contributed by atoms with Crippen LogP contribution in [-0.4, -0.2) is 10.7 Å². The van der Waals surface area contributed by atoms with Gasteiger partial charge < -0.3 is 0 Å². The van der Waals surface area contributed by atoms with Gasteiger partial charge in [-0.3, -0.25) is 0 Å². The first-order valence-corrected chi connectivity index (χ1v) is 12.0. The Kier molecular flexibility index (Phi) is 5.37. The van der Waals surface area contributed by atoms with E-state index in [0.29, 0.717) is 10.0 Å². The van der Waals surface area contributed by atoms with Gasteiger partial charge in [0.1, 0.15) is 0 Å². The molecule has 0 aliphatic carbocycles. The molecule has 150 valence electrons. The van der Waals surface area contributed by atoms with E-state index in [-0.39, 0.29) is 6.04 Å². The Bertz CT molecular complexity index is 1210. The normalized spacial score (nSPS) is 16.2. The van der Waals surface area contributed by atoms with E-state index in [1.54, 1.807) is 28.7 Å². The third-order valence-electron chi connectivity index (χ3n) is 5.08. The monoisotopic (exact) mass is 469 g/mol. The molecule has 3 nitrogen and oxygen atoms in total. The molecule has 4 aromatic rings. The van der Waals surface area contributed by atoms with Gasteiger partial charge in [-0.15, -0.1) is 22.7 Å². The minimum atomic E-state index is 0.121. The molecule has 3 heterocycles. The lowest BCUT2D eigenvalue weighted by atomic mass is 10.0. The van der Waals surface area contributed by atoms with Gasteiger partial charge in [0.05, 0.1) is 32.4 Å². The summed E-state index contributed by atoms with van der Waals surface area (Å²) in [6.45, 7) is 2.11. The quantitative estimate of drug-likeness (QED) is 0.304. The summed E-state index contributed by atoms with van der Waals surface area (Å²) in [6, 6.07) is 18.6. The second-order valence-corrected chi connectivity index (χ2v) is 9.74. The molecular formula is C23H17Cl2N3S2. The van der Waals surface area contributed by atoms with Crippen molar-refractivity contribution in [3.8, 4) is 11.3 Å². The molecule has 1 atom stereocenters. The van der Waals surface area contributed by atoms with Gasteiger partial charge in [-0.05, 0) is 36.1 Å². The van der Waals surface area contributed by atoms with Gasteiger partial charge in [0.15, 0.2) is 0 Å². The number of hydrazone groups is 1. The number of aromatic nitrogens is 1. The summed E-state index contributed by atoms with van der Waals surface area (Å²) in [5.74, 6) is 0. The molecule has 5 rings (SSSR count). The molecule has 0 radical (unpaired) electrons. The van der Waals surface area contributed by atoms with E-state index in [1.165, 1.54) is 16.0 Å². The maximum Gasteiger partial charge on any atom is 0.207 e. The van der Waals surface area contributed by atoms with E-state index >= 15 is 0 Å². The molecule has 0 N–H and O–H groups in total. The summed E-state index contributed by atoms with van der Waals surface area (Å²) in [5, 5.41) is 13.1. The molecule has 7 heteroatoms. The lowest BCUT2D eigenvalue weighted by Crippen LogP contribution is -2.18. The maximum atomic E-state index is 6.20. The number of thiazole rings is 1.